The summed E-state index contributed by atoms with van der Waals surface area (Å²) in [5.41, 5.74) is 3.12. The Bertz CT molecular complexity index is 1270. The molecule has 8 heteroatoms. The Kier molecular flexibility index (Phi) is 6.18. The molecule has 2 atom stereocenters. The van der Waals surface area contributed by atoms with Crippen molar-refractivity contribution in [2.24, 2.45) is 0 Å². The van der Waals surface area contributed by atoms with Crippen molar-refractivity contribution < 1.29 is 9.53 Å². The molecule has 0 saturated heterocycles. The topological polar surface area (TPSA) is 81.1 Å². The van der Waals surface area contributed by atoms with Crippen molar-refractivity contribution in [3.8, 4) is 5.75 Å². The predicted octanol–water partition coefficient (Wildman–Crippen LogP) is 5.27. The van der Waals surface area contributed by atoms with E-state index in [-0.39, 0.29) is 30.4 Å². The molecule has 0 unspecified atom stereocenters. The number of benzene rings is 3. The van der Waals surface area contributed by atoms with Crippen molar-refractivity contribution in [3.05, 3.63) is 101 Å². The Hall–Kier alpha value is -3.84. The minimum atomic E-state index is -0.184. The average Bonchev–Trinajstić information content (AvgIpc) is 3.27. The molecule has 0 radical (unpaired) electrons. The van der Waals surface area contributed by atoms with E-state index in [4.69, 9.17) is 16.3 Å². The predicted molar refractivity (Wildman–Crippen MR) is 132 cm³/mol. The van der Waals surface area contributed by atoms with Gasteiger partial charge in [-0.25, -0.2) is 4.68 Å². The molecule has 34 heavy (non-hydrogen) atoms. The first-order valence-electron chi connectivity index (χ1n) is 11.1. The number of carbonyl (C=O) groups excluding carboxylic acids is 1. The number of hydrogen-bond donors (Lipinski definition) is 2. The normalized spacial score (nSPS) is 16.9. The van der Waals surface area contributed by atoms with Crippen LogP contribution in [0.15, 0.2) is 78.9 Å². The first-order chi connectivity index (χ1) is 16.6. The molecule has 0 spiro atoms. The lowest BCUT2D eigenvalue weighted by molar-refractivity contribution is -0.115. The number of nitrogens with one attached hydrogen (secondary N) is 2. The lowest BCUT2D eigenvalue weighted by atomic mass is 9.93. The highest BCUT2D eigenvalue weighted by atomic mass is 35.5. The van der Waals surface area contributed by atoms with Gasteiger partial charge in [-0.05, 0) is 47.4 Å². The van der Waals surface area contributed by atoms with E-state index in [1.807, 2.05) is 71.4 Å². The van der Waals surface area contributed by atoms with Crippen LogP contribution >= 0.6 is 11.6 Å². The lowest BCUT2D eigenvalue weighted by Gasteiger charge is -2.31. The molecule has 0 aliphatic carbocycles. The van der Waals surface area contributed by atoms with Crippen molar-refractivity contribution in [1.29, 1.82) is 0 Å². The van der Waals surface area contributed by atoms with Gasteiger partial charge >= 0.3 is 0 Å². The quantitative estimate of drug-likeness (QED) is 0.399. The smallest absolute Gasteiger partial charge is 0.250 e. The fourth-order valence-electron chi connectivity index (χ4n) is 4.19. The minimum Gasteiger partial charge on any atom is -0.497 e. The maximum Gasteiger partial charge on any atom is 0.250 e. The number of nitrogens with zero attached hydrogens (tertiary/aromatic N) is 3. The number of amides is 1. The van der Waals surface area contributed by atoms with Gasteiger partial charge in [0, 0.05) is 5.02 Å². The highest BCUT2D eigenvalue weighted by Gasteiger charge is 2.31. The van der Waals surface area contributed by atoms with Crippen LogP contribution in [0.3, 0.4) is 0 Å². The second-order valence-corrected chi connectivity index (χ2v) is 8.62. The van der Waals surface area contributed by atoms with E-state index in [0.29, 0.717) is 11.0 Å². The van der Waals surface area contributed by atoms with E-state index in [2.05, 4.69) is 32.8 Å². The fraction of sp³-hybridized carbons (Fsp3) is 0.192. The van der Waals surface area contributed by atoms with Crippen LogP contribution in [0.5, 0.6) is 5.75 Å². The number of fused-ring (bicyclic) bond motifs is 1. The highest BCUT2D eigenvalue weighted by molar-refractivity contribution is 6.30. The largest absolute Gasteiger partial charge is 0.497 e. The molecule has 1 amide bonds. The number of anilines is 2. The first kappa shape index (κ1) is 22.0. The number of methoxy groups -OCH3 is 1. The molecule has 2 heterocycles. The number of carbonyl (C=O) groups is 1. The van der Waals surface area contributed by atoms with Crippen LogP contribution in [0.2, 0.25) is 5.02 Å². The summed E-state index contributed by atoms with van der Waals surface area (Å²) < 4.78 is 7.01. The molecular weight excluding hydrogens is 450 g/mol. The number of hydrogen-bond acceptors (Lipinski definition) is 5. The summed E-state index contributed by atoms with van der Waals surface area (Å²) in [4.78, 5) is 17.2. The zero-order chi connectivity index (χ0) is 23.5. The number of aromatic nitrogens is 3. The van der Waals surface area contributed by atoms with E-state index >= 15 is 0 Å². The van der Waals surface area contributed by atoms with Gasteiger partial charge in [0.1, 0.15) is 5.75 Å². The molecule has 4 aromatic rings. The maximum absolute atomic E-state index is 12.7. The second kappa shape index (κ2) is 9.57. The summed E-state index contributed by atoms with van der Waals surface area (Å²) in [6.45, 7) is 0. The van der Waals surface area contributed by atoms with E-state index in [1.165, 1.54) is 5.56 Å². The highest BCUT2D eigenvalue weighted by Crippen LogP contribution is 2.38. The maximum atomic E-state index is 12.7. The van der Waals surface area contributed by atoms with Gasteiger partial charge in [-0.2, -0.15) is 4.98 Å². The summed E-state index contributed by atoms with van der Waals surface area (Å²) in [6, 6.07) is 25.4. The zero-order valence-electron chi connectivity index (χ0n) is 18.6. The Morgan fingerprint density at radius 1 is 1.06 bits per heavy atom. The van der Waals surface area contributed by atoms with Gasteiger partial charge in [0.05, 0.1) is 25.6 Å². The number of halogens is 1. The van der Waals surface area contributed by atoms with E-state index in [1.54, 1.807) is 7.11 Å². The average molecular weight is 474 g/mol. The molecule has 172 valence electrons. The molecular formula is C26H24ClN5O2. The molecule has 0 bridgehead atoms. The third-order valence-electron chi connectivity index (χ3n) is 5.92. The van der Waals surface area contributed by atoms with Crippen LogP contribution in [0.25, 0.3) is 0 Å². The number of rotatable bonds is 6. The van der Waals surface area contributed by atoms with Crippen LogP contribution in [0.4, 0.5) is 11.9 Å². The molecule has 0 saturated carbocycles. The minimum absolute atomic E-state index is 0.0569. The third-order valence-corrected chi connectivity index (χ3v) is 6.17. The van der Waals surface area contributed by atoms with Crippen LogP contribution in [0, 0.1) is 0 Å². The molecule has 1 aliphatic heterocycles. The molecule has 1 aromatic heterocycles. The summed E-state index contributed by atoms with van der Waals surface area (Å²) in [6.07, 6.45) is 0.996. The van der Waals surface area contributed by atoms with E-state index in [9.17, 15) is 4.79 Å². The molecule has 3 aromatic carbocycles. The standard InChI is InChI=1S/C26H24ClN5O2/c1-34-21-13-7-17(8-14-21)15-24(33)29-25-30-26-28-22(18-5-3-2-4-6-18)16-23(32(26)31-25)19-9-11-20(27)12-10-19/h2-14,22-23H,15-16H2,1H3,(H2,28,29,30,31,33)/t22-,23+/m0/s1. The van der Waals surface area contributed by atoms with Gasteiger partial charge < -0.3 is 10.1 Å². The van der Waals surface area contributed by atoms with Crippen LogP contribution in [-0.2, 0) is 11.2 Å². The van der Waals surface area contributed by atoms with Gasteiger partial charge in [-0.15, -0.1) is 5.10 Å². The summed E-state index contributed by atoms with van der Waals surface area (Å²) in [5.74, 6) is 1.45. The molecule has 0 fully saturated rings. The molecule has 1 aliphatic rings. The van der Waals surface area contributed by atoms with Crippen LogP contribution in [-0.4, -0.2) is 27.8 Å². The Morgan fingerprint density at radius 3 is 2.50 bits per heavy atom. The van der Waals surface area contributed by atoms with Gasteiger partial charge in [0.15, 0.2) is 0 Å². The second-order valence-electron chi connectivity index (χ2n) is 8.19. The first-order valence-corrected chi connectivity index (χ1v) is 11.4. The van der Waals surface area contributed by atoms with Crippen LogP contribution in [0.1, 0.15) is 35.2 Å². The van der Waals surface area contributed by atoms with Gasteiger partial charge in [-0.3, -0.25) is 10.1 Å². The molecule has 2 N–H and O–H groups in total. The summed E-state index contributed by atoms with van der Waals surface area (Å²) in [7, 11) is 1.61. The Morgan fingerprint density at radius 2 is 1.79 bits per heavy atom. The summed E-state index contributed by atoms with van der Waals surface area (Å²) >= 11 is 6.12. The van der Waals surface area contributed by atoms with Crippen molar-refractivity contribution in [1.82, 2.24) is 14.8 Å². The third kappa shape index (κ3) is 4.75. The van der Waals surface area contributed by atoms with Gasteiger partial charge in [-0.1, -0.05) is 66.2 Å². The van der Waals surface area contributed by atoms with Crippen LogP contribution < -0.4 is 15.4 Å². The van der Waals surface area contributed by atoms with E-state index in [0.717, 1.165) is 23.3 Å². The SMILES string of the molecule is COc1ccc(CC(=O)Nc2nc3n(n2)[C@@H](c2ccc(Cl)cc2)C[C@@H](c2ccccc2)N3)cc1. The monoisotopic (exact) mass is 473 g/mol. The van der Waals surface area contributed by atoms with E-state index < -0.39 is 0 Å². The Labute approximate surface area is 202 Å². The molecule has 5 rings (SSSR count). The van der Waals surface area contributed by atoms with Gasteiger partial charge in [0.25, 0.3) is 5.95 Å². The van der Waals surface area contributed by atoms with Gasteiger partial charge in [0.2, 0.25) is 11.9 Å². The number of ether oxygens (including phenoxy) is 1. The van der Waals surface area contributed by atoms with Crippen molar-refractivity contribution in [2.75, 3.05) is 17.7 Å². The van der Waals surface area contributed by atoms with Crippen molar-refractivity contribution in [3.63, 3.8) is 0 Å². The fourth-order valence-corrected chi connectivity index (χ4v) is 4.32. The summed E-state index contributed by atoms with van der Waals surface area (Å²) in [5, 5.41) is 11.6. The van der Waals surface area contributed by atoms with Crippen molar-refractivity contribution >= 4 is 29.4 Å². The lowest BCUT2D eigenvalue weighted by Crippen LogP contribution is -2.28. The zero-order valence-corrected chi connectivity index (χ0v) is 19.4. The Balaban J connectivity index is 1.39. The molecule has 7 nitrogen and oxygen atoms in total. The van der Waals surface area contributed by atoms with Crippen molar-refractivity contribution in [2.45, 2.75) is 24.9 Å².